The molecule has 0 aliphatic rings. The first-order chi connectivity index (χ1) is 20.4. The second-order valence-electron chi connectivity index (χ2n) is 11.0. The average molecular weight is 600 g/mol. The number of rotatable bonds is 14. The Kier molecular flexibility index (Phi) is 11.5. The third-order valence-corrected chi connectivity index (χ3v) is 6.25. The van der Waals surface area contributed by atoms with Gasteiger partial charge in [0, 0.05) is 19.6 Å². The number of ether oxygens (including phenoxy) is 3. The Labute approximate surface area is 249 Å². The zero-order chi connectivity index (χ0) is 31.6. The molecule has 14 heteroatoms. The van der Waals surface area contributed by atoms with Gasteiger partial charge in [-0.25, -0.2) is 9.59 Å². The number of nitrogen functional groups attached to an aromatic ring is 1. The Morgan fingerprint density at radius 3 is 2.58 bits per heavy atom. The minimum atomic E-state index is -0.715. The first-order valence-electron chi connectivity index (χ1n) is 14.2. The van der Waals surface area contributed by atoms with E-state index >= 15 is 0 Å². The number of methoxy groups -OCH3 is 1. The topological polar surface area (TPSA) is 184 Å². The lowest BCUT2D eigenvalue weighted by Gasteiger charge is -2.24. The number of amides is 2. The van der Waals surface area contributed by atoms with Gasteiger partial charge in [-0.2, -0.15) is 9.97 Å². The number of imidazole rings is 1. The smallest absolute Gasteiger partial charge is 0.408 e. The van der Waals surface area contributed by atoms with E-state index in [-0.39, 0.29) is 56.3 Å². The molecule has 4 N–H and O–H groups in total. The predicted molar refractivity (Wildman–Crippen MR) is 159 cm³/mol. The maximum Gasteiger partial charge on any atom is 0.408 e. The predicted octanol–water partition coefficient (Wildman–Crippen LogP) is 2.54. The molecule has 2 amide bonds. The number of carbonyl (C=O) groups excluding carboxylic acids is 3. The molecule has 0 fully saturated rings. The van der Waals surface area contributed by atoms with Crippen molar-refractivity contribution in [3.05, 3.63) is 45.9 Å². The van der Waals surface area contributed by atoms with Crippen LogP contribution >= 0.6 is 0 Å². The number of unbranched alkanes of at least 4 members (excludes halogenated alkanes) is 1. The molecule has 0 saturated carbocycles. The second kappa shape index (κ2) is 15.0. The molecule has 0 aliphatic carbocycles. The van der Waals surface area contributed by atoms with Crippen LogP contribution in [-0.2, 0) is 38.6 Å². The van der Waals surface area contributed by atoms with E-state index in [1.165, 1.54) is 11.7 Å². The number of carbonyl (C=O) groups is 3. The molecule has 0 atom stereocenters. The van der Waals surface area contributed by atoms with E-state index in [2.05, 4.69) is 20.3 Å². The number of aromatic nitrogens is 4. The van der Waals surface area contributed by atoms with Crippen molar-refractivity contribution in [2.45, 2.75) is 72.1 Å². The zero-order valence-corrected chi connectivity index (χ0v) is 25.4. The maximum absolute atomic E-state index is 13.3. The fourth-order valence-electron chi connectivity index (χ4n) is 4.19. The van der Waals surface area contributed by atoms with E-state index in [9.17, 15) is 19.2 Å². The van der Waals surface area contributed by atoms with Crippen LogP contribution in [0.15, 0.2) is 29.1 Å². The zero-order valence-electron chi connectivity index (χ0n) is 25.4. The third kappa shape index (κ3) is 10.0. The van der Waals surface area contributed by atoms with Crippen LogP contribution < -0.4 is 21.5 Å². The number of esters is 1. The van der Waals surface area contributed by atoms with Gasteiger partial charge in [-0.15, -0.1) is 0 Å². The fourth-order valence-corrected chi connectivity index (χ4v) is 4.19. The molecular weight excluding hydrogens is 558 g/mol. The van der Waals surface area contributed by atoms with Crippen molar-refractivity contribution in [1.29, 1.82) is 0 Å². The van der Waals surface area contributed by atoms with Gasteiger partial charge in [0.2, 0.25) is 5.91 Å². The normalized spacial score (nSPS) is 11.3. The minimum absolute atomic E-state index is 0.0862. The molecule has 234 valence electrons. The summed E-state index contributed by atoms with van der Waals surface area (Å²) in [6, 6.07) is 7.34. The number of hydrogen-bond donors (Lipinski definition) is 3. The molecule has 0 unspecified atom stereocenters. The summed E-state index contributed by atoms with van der Waals surface area (Å²) >= 11 is 0. The highest BCUT2D eigenvalue weighted by Gasteiger charge is 2.20. The van der Waals surface area contributed by atoms with E-state index in [4.69, 9.17) is 19.9 Å². The Morgan fingerprint density at radius 1 is 1.14 bits per heavy atom. The van der Waals surface area contributed by atoms with Crippen LogP contribution in [0.1, 0.15) is 58.1 Å². The minimum Gasteiger partial charge on any atom is -0.469 e. The summed E-state index contributed by atoms with van der Waals surface area (Å²) in [6.07, 6.45) is 1.52. The number of hydrogen-bond acceptors (Lipinski definition) is 10. The number of aryl methyl sites for hydroxylation is 1. The Bertz CT molecular complexity index is 1480. The first-order valence-corrected chi connectivity index (χ1v) is 14.2. The highest BCUT2D eigenvalue weighted by atomic mass is 16.6. The van der Waals surface area contributed by atoms with Crippen molar-refractivity contribution >= 4 is 35.0 Å². The van der Waals surface area contributed by atoms with Crippen LogP contribution in [0.3, 0.4) is 0 Å². The van der Waals surface area contributed by atoms with Crippen molar-refractivity contribution in [2.24, 2.45) is 0 Å². The van der Waals surface area contributed by atoms with E-state index in [1.807, 2.05) is 19.1 Å². The molecule has 0 saturated heterocycles. The van der Waals surface area contributed by atoms with Gasteiger partial charge >= 0.3 is 23.8 Å². The molecule has 43 heavy (non-hydrogen) atoms. The van der Waals surface area contributed by atoms with Gasteiger partial charge in [0.25, 0.3) is 0 Å². The van der Waals surface area contributed by atoms with Gasteiger partial charge in [-0.05, 0) is 44.7 Å². The molecule has 14 nitrogen and oxygen atoms in total. The van der Waals surface area contributed by atoms with Crippen LogP contribution in [0.2, 0.25) is 0 Å². The third-order valence-electron chi connectivity index (χ3n) is 6.25. The Balaban J connectivity index is 1.77. The van der Waals surface area contributed by atoms with Crippen LogP contribution in [0.5, 0.6) is 6.01 Å². The van der Waals surface area contributed by atoms with Crippen molar-refractivity contribution in [1.82, 2.24) is 29.7 Å². The largest absolute Gasteiger partial charge is 0.469 e. The molecule has 3 aromatic rings. The van der Waals surface area contributed by atoms with E-state index in [0.717, 1.165) is 24.0 Å². The lowest BCUT2D eigenvalue weighted by molar-refractivity contribution is -0.139. The number of nitrogens with two attached hydrogens (primary N) is 1. The van der Waals surface area contributed by atoms with Gasteiger partial charge in [0.1, 0.15) is 17.7 Å². The number of nitrogens with zero attached hydrogens (tertiary/aromatic N) is 4. The number of nitrogens with one attached hydrogen (secondary N) is 2. The average Bonchev–Trinajstić information content (AvgIpc) is 3.26. The molecular formula is C29H41N7O7. The van der Waals surface area contributed by atoms with Gasteiger partial charge < -0.3 is 35.1 Å². The van der Waals surface area contributed by atoms with Crippen molar-refractivity contribution < 1.29 is 28.6 Å². The summed E-state index contributed by atoms with van der Waals surface area (Å²) < 4.78 is 17.0. The maximum atomic E-state index is 13.3. The molecule has 1 aromatic carbocycles. The van der Waals surface area contributed by atoms with Crippen LogP contribution in [0.25, 0.3) is 11.2 Å². The number of H-pyrrole nitrogens is 1. The second-order valence-corrected chi connectivity index (χ2v) is 11.0. The number of anilines is 1. The van der Waals surface area contributed by atoms with Gasteiger partial charge in [0.05, 0.1) is 20.1 Å². The summed E-state index contributed by atoms with van der Waals surface area (Å²) in [5, 5.41) is 2.50. The van der Waals surface area contributed by atoms with Crippen LogP contribution in [0.4, 0.5) is 10.6 Å². The highest BCUT2D eigenvalue weighted by molar-refractivity contribution is 5.83. The molecule has 3 rings (SSSR count). The molecule has 0 radical (unpaired) electrons. The number of fused-ring (bicyclic) bond motifs is 1. The molecule has 0 bridgehead atoms. The summed E-state index contributed by atoms with van der Waals surface area (Å²) in [5.74, 6) is -0.628. The monoisotopic (exact) mass is 599 g/mol. The van der Waals surface area contributed by atoms with Crippen LogP contribution in [-0.4, -0.2) is 74.8 Å². The molecule has 2 heterocycles. The van der Waals surface area contributed by atoms with Gasteiger partial charge in [-0.3, -0.25) is 14.2 Å². The Morgan fingerprint density at radius 2 is 1.88 bits per heavy atom. The highest BCUT2D eigenvalue weighted by Crippen LogP contribution is 2.18. The van der Waals surface area contributed by atoms with E-state index < -0.39 is 17.4 Å². The van der Waals surface area contributed by atoms with E-state index in [1.54, 1.807) is 37.8 Å². The number of alkyl carbamates (subject to hydrolysis) is 1. The summed E-state index contributed by atoms with van der Waals surface area (Å²) in [6.45, 7) is 8.03. The molecule has 0 aliphatic heterocycles. The van der Waals surface area contributed by atoms with Gasteiger partial charge in [-0.1, -0.05) is 37.6 Å². The lowest BCUT2D eigenvalue weighted by Crippen LogP contribution is -2.42. The summed E-state index contributed by atoms with van der Waals surface area (Å²) in [4.78, 5) is 62.7. The first kappa shape index (κ1) is 32.9. The SMILES string of the molecule is CCCCOc1nc(N)c2[nH]c(=O)n(CCCN(Cc3cccc(CC(=O)OC)c3)C(=O)CNC(=O)OC(C)(C)C)c2n1. The summed E-state index contributed by atoms with van der Waals surface area (Å²) in [7, 11) is 1.32. The van der Waals surface area contributed by atoms with Gasteiger partial charge in [0.15, 0.2) is 11.5 Å². The molecule has 2 aromatic heterocycles. The van der Waals surface area contributed by atoms with Crippen molar-refractivity contribution in [3.63, 3.8) is 0 Å². The van der Waals surface area contributed by atoms with Crippen molar-refractivity contribution in [2.75, 3.05) is 32.5 Å². The molecule has 0 spiro atoms. The van der Waals surface area contributed by atoms with E-state index in [0.29, 0.717) is 24.2 Å². The Hall–Kier alpha value is -4.62. The number of aromatic amines is 1. The fraction of sp³-hybridized carbons (Fsp3) is 0.517. The number of benzene rings is 1. The van der Waals surface area contributed by atoms with Crippen molar-refractivity contribution in [3.8, 4) is 6.01 Å². The quantitative estimate of drug-likeness (QED) is 0.184. The summed E-state index contributed by atoms with van der Waals surface area (Å²) in [5.41, 5.74) is 7.06. The standard InChI is InChI=1S/C29H41N7O7/c1-6-7-14-42-26-33-24(30)23-25(34-26)36(27(39)32-23)13-9-12-35(21(37)17-31-28(40)43-29(2,3)4)18-20-11-8-10-19(15-20)16-22(38)41-5/h8,10-11,15H,6-7,9,12-14,16-18H2,1-5H3,(H,31,40)(H,32,39)(H2,30,33,34). The van der Waals surface area contributed by atoms with Crippen LogP contribution in [0, 0.1) is 0 Å². The lowest BCUT2D eigenvalue weighted by atomic mass is 10.1.